The molecule has 2 amide bonds. The van der Waals surface area contributed by atoms with Gasteiger partial charge in [-0.3, -0.25) is 13.9 Å². The lowest BCUT2D eigenvalue weighted by Gasteiger charge is -2.33. The fraction of sp³-hybridized carbons (Fsp3) is 0.375. The fourth-order valence-corrected chi connectivity index (χ4v) is 5.97. The third-order valence-corrected chi connectivity index (χ3v) is 8.73. The van der Waals surface area contributed by atoms with Crippen molar-refractivity contribution >= 4 is 27.5 Å². The van der Waals surface area contributed by atoms with Crippen LogP contribution in [0.5, 0.6) is 11.5 Å². The summed E-state index contributed by atoms with van der Waals surface area (Å²) in [4.78, 5) is 29.1. The third kappa shape index (κ3) is 7.82. The van der Waals surface area contributed by atoms with Gasteiger partial charge in [0.25, 0.3) is 10.0 Å². The van der Waals surface area contributed by atoms with Crippen molar-refractivity contribution in [2.24, 2.45) is 5.92 Å². The van der Waals surface area contributed by atoms with E-state index < -0.39 is 28.5 Å². The molecule has 0 heterocycles. The van der Waals surface area contributed by atoms with Gasteiger partial charge in [-0.05, 0) is 54.7 Å². The molecule has 3 aromatic carbocycles. The molecule has 1 N–H and O–H groups in total. The number of carbonyl (C=O) groups excluding carboxylic acids is 2. The molecule has 0 aliphatic rings. The summed E-state index contributed by atoms with van der Waals surface area (Å²) in [5, 5.41) is 2.94. The van der Waals surface area contributed by atoms with Crippen LogP contribution in [0.2, 0.25) is 0 Å². The molecular formula is C32H41N3O6S. The van der Waals surface area contributed by atoms with E-state index in [2.05, 4.69) is 5.32 Å². The Morgan fingerprint density at radius 2 is 1.55 bits per heavy atom. The van der Waals surface area contributed by atoms with Crippen LogP contribution in [0.25, 0.3) is 0 Å². The lowest BCUT2D eigenvalue weighted by Crippen LogP contribution is -2.52. The molecular weight excluding hydrogens is 554 g/mol. The van der Waals surface area contributed by atoms with Crippen LogP contribution in [0.1, 0.15) is 38.3 Å². The van der Waals surface area contributed by atoms with Gasteiger partial charge < -0.3 is 19.7 Å². The number of amides is 2. The molecule has 3 rings (SSSR count). The highest BCUT2D eigenvalue weighted by atomic mass is 32.2. The van der Waals surface area contributed by atoms with E-state index in [9.17, 15) is 18.0 Å². The van der Waals surface area contributed by atoms with Crippen LogP contribution in [0, 0.1) is 12.8 Å². The summed E-state index contributed by atoms with van der Waals surface area (Å²) >= 11 is 0. The van der Waals surface area contributed by atoms with Gasteiger partial charge >= 0.3 is 0 Å². The molecule has 42 heavy (non-hydrogen) atoms. The quantitative estimate of drug-likeness (QED) is 0.288. The average Bonchev–Trinajstić information content (AvgIpc) is 2.99. The van der Waals surface area contributed by atoms with Crippen molar-refractivity contribution in [3.05, 3.63) is 83.9 Å². The number of carbonyl (C=O) groups is 2. The summed E-state index contributed by atoms with van der Waals surface area (Å²) in [6, 6.07) is 19.4. The molecule has 10 heteroatoms. The van der Waals surface area contributed by atoms with Gasteiger partial charge in [0.2, 0.25) is 11.8 Å². The maximum Gasteiger partial charge on any atom is 0.264 e. The second-order valence-corrected chi connectivity index (χ2v) is 12.2. The van der Waals surface area contributed by atoms with E-state index in [1.165, 1.54) is 37.3 Å². The Morgan fingerprint density at radius 1 is 0.905 bits per heavy atom. The Balaban J connectivity index is 2.10. The van der Waals surface area contributed by atoms with Crippen LogP contribution in [0.4, 0.5) is 5.69 Å². The van der Waals surface area contributed by atoms with Crippen LogP contribution >= 0.6 is 0 Å². The number of rotatable bonds is 14. The highest BCUT2D eigenvalue weighted by molar-refractivity contribution is 7.92. The topological polar surface area (TPSA) is 105 Å². The molecule has 0 saturated carbocycles. The SMILES string of the molecule is CC[C@@H](C(=O)NCC(C)C)N(Cc1ccccc1C)C(=O)CN(c1ccc(OC)c(OC)c1)S(=O)(=O)c1ccccc1. The number of nitrogens with zero attached hydrogens (tertiary/aromatic N) is 2. The van der Waals surface area contributed by atoms with Gasteiger partial charge in [0, 0.05) is 19.2 Å². The lowest BCUT2D eigenvalue weighted by atomic mass is 10.1. The minimum Gasteiger partial charge on any atom is -0.493 e. The standard InChI is InChI=1S/C32H41N3O6S/c1-7-28(32(37)33-20-23(2)3)34(21-25-14-12-11-13-24(25)4)31(36)22-35(42(38,39)27-15-9-8-10-16-27)26-17-18-29(40-5)30(19-26)41-6/h8-19,23,28H,7,20-22H2,1-6H3,(H,33,37)/t28-/m0/s1. The largest absolute Gasteiger partial charge is 0.493 e. The van der Waals surface area contributed by atoms with Crippen molar-refractivity contribution < 1.29 is 27.5 Å². The molecule has 0 unspecified atom stereocenters. The summed E-state index contributed by atoms with van der Waals surface area (Å²) in [6.45, 7) is 7.83. The Bertz CT molecular complexity index is 1460. The summed E-state index contributed by atoms with van der Waals surface area (Å²) < 4.78 is 39.8. The zero-order valence-electron chi connectivity index (χ0n) is 25.2. The minimum atomic E-state index is -4.19. The highest BCUT2D eigenvalue weighted by Gasteiger charge is 2.34. The third-order valence-electron chi connectivity index (χ3n) is 6.94. The minimum absolute atomic E-state index is 0.0276. The molecule has 0 bridgehead atoms. The van der Waals surface area contributed by atoms with E-state index >= 15 is 0 Å². The van der Waals surface area contributed by atoms with Crippen LogP contribution < -0.4 is 19.1 Å². The number of aryl methyl sites for hydroxylation is 1. The first-order valence-electron chi connectivity index (χ1n) is 13.9. The predicted molar refractivity (Wildman–Crippen MR) is 164 cm³/mol. The Morgan fingerprint density at radius 3 is 2.14 bits per heavy atom. The number of sulfonamides is 1. The molecule has 0 aromatic heterocycles. The van der Waals surface area contributed by atoms with E-state index in [-0.39, 0.29) is 29.0 Å². The maximum atomic E-state index is 14.2. The smallest absolute Gasteiger partial charge is 0.264 e. The van der Waals surface area contributed by atoms with Gasteiger partial charge in [0.1, 0.15) is 12.6 Å². The molecule has 0 aliphatic carbocycles. The van der Waals surface area contributed by atoms with Crippen molar-refractivity contribution in [2.45, 2.75) is 51.6 Å². The maximum absolute atomic E-state index is 14.2. The van der Waals surface area contributed by atoms with E-state index in [1.54, 1.807) is 30.3 Å². The highest BCUT2D eigenvalue weighted by Crippen LogP contribution is 2.34. The molecule has 0 saturated heterocycles. The molecule has 1 atom stereocenters. The summed E-state index contributed by atoms with van der Waals surface area (Å²) in [7, 11) is -1.26. The number of anilines is 1. The van der Waals surface area contributed by atoms with Crippen molar-refractivity contribution in [1.82, 2.24) is 10.2 Å². The number of hydrogen-bond acceptors (Lipinski definition) is 6. The van der Waals surface area contributed by atoms with E-state index in [0.717, 1.165) is 15.4 Å². The Labute approximate surface area is 249 Å². The van der Waals surface area contributed by atoms with E-state index in [4.69, 9.17) is 9.47 Å². The Kier molecular flexibility index (Phi) is 11.4. The van der Waals surface area contributed by atoms with Crippen LogP contribution in [-0.4, -0.2) is 58.5 Å². The second kappa shape index (κ2) is 14.7. The molecule has 0 fully saturated rings. The zero-order chi connectivity index (χ0) is 30.9. The first kappa shape index (κ1) is 32.5. The number of benzene rings is 3. The van der Waals surface area contributed by atoms with Crippen LogP contribution in [-0.2, 0) is 26.2 Å². The van der Waals surface area contributed by atoms with Crippen LogP contribution in [0.3, 0.4) is 0 Å². The monoisotopic (exact) mass is 595 g/mol. The summed E-state index contributed by atoms with van der Waals surface area (Å²) in [5.74, 6) is 0.157. The number of nitrogens with one attached hydrogen (secondary N) is 1. The lowest BCUT2D eigenvalue weighted by molar-refractivity contribution is -0.140. The zero-order valence-corrected chi connectivity index (χ0v) is 26.0. The fourth-order valence-electron chi connectivity index (χ4n) is 4.54. The van der Waals surface area contributed by atoms with Gasteiger partial charge in [-0.15, -0.1) is 0 Å². The number of hydrogen-bond donors (Lipinski definition) is 1. The molecule has 9 nitrogen and oxygen atoms in total. The van der Waals surface area contributed by atoms with Gasteiger partial charge in [-0.25, -0.2) is 8.42 Å². The molecule has 226 valence electrons. The number of ether oxygens (including phenoxy) is 2. The van der Waals surface area contributed by atoms with Crippen LogP contribution in [0.15, 0.2) is 77.7 Å². The van der Waals surface area contributed by atoms with Crippen molar-refractivity contribution in [3.8, 4) is 11.5 Å². The Hall–Kier alpha value is -4.05. The molecule has 0 aliphatic heterocycles. The average molecular weight is 596 g/mol. The summed E-state index contributed by atoms with van der Waals surface area (Å²) in [5.41, 5.74) is 2.05. The molecule has 0 spiro atoms. The predicted octanol–water partition coefficient (Wildman–Crippen LogP) is 4.79. The van der Waals surface area contributed by atoms with Crippen molar-refractivity contribution in [2.75, 3.05) is 31.6 Å². The first-order valence-corrected chi connectivity index (χ1v) is 15.4. The summed E-state index contributed by atoms with van der Waals surface area (Å²) in [6.07, 6.45) is 0.351. The van der Waals surface area contributed by atoms with Gasteiger partial charge in [-0.2, -0.15) is 0 Å². The van der Waals surface area contributed by atoms with Gasteiger partial charge in [0.05, 0.1) is 24.8 Å². The molecule has 0 radical (unpaired) electrons. The van der Waals surface area contributed by atoms with Gasteiger partial charge in [0.15, 0.2) is 11.5 Å². The first-order chi connectivity index (χ1) is 20.0. The van der Waals surface area contributed by atoms with Crippen molar-refractivity contribution in [3.63, 3.8) is 0 Å². The second-order valence-electron chi connectivity index (χ2n) is 10.4. The van der Waals surface area contributed by atoms with Gasteiger partial charge in [-0.1, -0.05) is 63.2 Å². The van der Waals surface area contributed by atoms with Crippen molar-refractivity contribution in [1.29, 1.82) is 0 Å². The van der Waals surface area contributed by atoms with E-state index in [0.29, 0.717) is 24.5 Å². The van der Waals surface area contributed by atoms with E-state index in [1.807, 2.05) is 52.0 Å². The number of methoxy groups -OCH3 is 2. The normalized spacial score (nSPS) is 12.0. The molecule has 3 aromatic rings.